The van der Waals surface area contributed by atoms with Crippen molar-refractivity contribution in [3.63, 3.8) is 0 Å². The molecule has 1 fully saturated rings. The molecule has 0 radical (unpaired) electrons. The molecule has 2 N–H and O–H groups in total. The number of carbonyl (C=O) groups excluding carboxylic acids is 1. The lowest BCUT2D eigenvalue weighted by Crippen LogP contribution is -3.15. The van der Waals surface area contributed by atoms with Crippen LogP contribution in [0, 0.1) is 6.92 Å². The van der Waals surface area contributed by atoms with Gasteiger partial charge in [-0.25, -0.2) is 0 Å². The van der Waals surface area contributed by atoms with Crippen LogP contribution >= 0.6 is 0 Å². The van der Waals surface area contributed by atoms with E-state index in [4.69, 9.17) is 0 Å². The lowest BCUT2D eigenvalue weighted by atomic mass is 10.1. The molecule has 0 atom stereocenters. The molecular weight excluding hydrogens is 310 g/mol. The first-order chi connectivity index (χ1) is 12.2. The van der Waals surface area contributed by atoms with E-state index in [0.717, 1.165) is 48.3 Å². The normalized spacial score (nSPS) is 15.6. The molecule has 4 heteroatoms. The number of hydrogen-bond donors (Lipinski definition) is 2. The maximum Gasteiger partial charge on any atom is 0.219 e. The number of hydrogen-bond acceptors (Lipinski definition) is 2. The number of aromatic nitrogens is 1. The summed E-state index contributed by atoms with van der Waals surface area (Å²) in [7, 11) is 0. The third-order valence-electron chi connectivity index (χ3n) is 5.17. The van der Waals surface area contributed by atoms with Gasteiger partial charge in [0, 0.05) is 22.3 Å². The summed E-state index contributed by atoms with van der Waals surface area (Å²) < 4.78 is 0. The first kappa shape index (κ1) is 15.9. The summed E-state index contributed by atoms with van der Waals surface area (Å²) in [4.78, 5) is 20.0. The average Bonchev–Trinajstić information content (AvgIpc) is 2.99. The van der Waals surface area contributed by atoms with Crippen molar-refractivity contribution in [3.05, 3.63) is 65.9 Å². The van der Waals surface area contributed by atoms with Crippen molar-refractivity contribution in [1.29, 1.82) is 0 Å². The van der Waals surface area contributed by atoms with Gasteiger partial charge in [0.05, 0.1) is 31.7 Å². The molecule has 1 aromatic heterocycles. The fourth-order valence-corrected chi connectivity index (χ4v) is 3.85. The van der Waals surface area contributed by atoms with Crippen molar-refractivity contribution in [1.82, 2.24) is 4.98 Å². The predicted octanol–water partition coefficient (Wildman–Crippen LogP) is 2.06. The van der Waals surface area contributed by atoms with Gasteiger partial charge in [0.25, 0.3) is 0 Å². The fraction of sp³-hybridized carbons (Fsp3) is 0.286. The Morgan fingerprint density at radius 1 is 1.04 bits per heavy atom. The second kappa shape index (κ2) is 6.73. The maximum atomic E-state index is 12.9. The van der Waals surface area contributed by atoms with Crippen LogP contribution in [0.3, 0.4) is 0 Å². The minimum Gasteiger partial charge on any atom is -0.360 e. The molecule has 0 bridgehead atoms. The molecule has 3 aromatic rings. The predicted molar refractivity (Wildman–Crippen MR) is 102 cm³/mol. The Balaban J connectivity index is 1.43. The summed E-state index contributed by atoms with van der Waals surface area (Å²) in [6.07, 6.45) is 0. The van der Waals surface area contributed by atoms with Gasteiger partial charge < -0.3 is 14.8 Å². The zero-order chi connectivity index (χ0) is 17.2. The summed E-state index contributed by atoms with van der Waals surface area (Å²) in [6, 6.07) is 18.6. The van der Waals surface area contributed by atoms with E-state index >= 15 is 0 Å². The fourth-order valence-electron chi connectivity index (χ4n) is 3.85. The van der Waals surface area contributed by atoms with Gasteiger partial charge in [-0.05, 0) is 25.1 Å². The number of rotatable bonds is 4. The van der Waals surface area contributed by atoms with Crippen LogP contribution in [-0.4, -0.2) is 43.5 Å². The van der Waals surface area contributed by atoms with Crippen LogP contribution in [0.4, 0.5) is 5.69 Å². The van der Waals surface area contributed by atoms with E-state index in [9.17, 15) is 4.79 Å². The smallest absolute Gasteiger partial charge is 0.219 e. The second-order valence-corrected chi connectivity index (χ2v) is 6.84. The number of Topliss-reactive ketones (excluding diaryl/α,β-unsaturated/α-hetero) is 1. The number of nitrogens with zero attached hydrogens (tertiary/aromatic N) is 1. The highest BCUT2D eigenvalue weighted by Gasteiger charge is 2.25. The van der Waals surface area contributed by atoms with E-state index in [1.54, 1.807) is 0 Å². The number of quaternary nitrogens is 1. The quantitative estimate of drug-likeness (QED) is 0.717. The van der Waals surface area contributed by atoms with Gasteiger partial charge in [0.15, 0.2) is 0 Å². The Morgan fingerprint density at radius 2 is 1.72 bits per heavy atom. The average molecular weight is 334 g/mol. The van der Waals surface area contributed by atoms with Crippen molar-refractivity contribution in [2.24, 2.45) is 0 Å². The minimum atomic E-state index is 0.248. The molecule has 0 spiro atoms. The zero-order valence-corrected chi connectivity index (χ0v) is 14.6. The van der Waals surface area contributed by atoms with Crippen molar-refractivity contribution < 1.29 is 9.69 Å². The summed E-state index contributed by atoms with van der Waals surface area (Å²) in [5.41, 5.74) is 4.18. The molecule has 4 nitrogen and oxygen atoms in total. The summed E-state index contributed by atoms with van der Waals surface area (Å²) >= 11 is 0. The molecule has 25 heavy (non-hydrogen) atoms. The Labute approximate surface area is 148 Å². The van der Waals surface area contributed by atoms with Crippen LogP contribution in [0.25, 0.3) is 10.9 Å². The molecule has 0 amide bonds. The number of benzene rings is 2. The second-order valence-electron chi connectivity index (χ2n) is 6.84. The Morgan fingerprint density at radius 3 is 2.48 bits per heavy atom. The van der Waals surface area contributed by atoms with Crippen LogP contribution in [0.2, 0.25) is 0 Å². The van der Waals surface area contributed by atoms with Crippen LogP contribution < -0.4 is 9.80 Å². The van der Waals surface area contributed by atoms with Gasteiger partial charge in [-0.15, -0.1) is 0 Å². The van der Waals surface area contributed by atoms with Crippen LogP contribution in [-0.2, 0) is 0 Å². The summed E-state index contributed by atoms with van der Waals surface area (Å²) in [6.45, 7) is 6.57. The number of H-pyrrole nitrogens is 1. The van der Waals surface area contributed by atoms with E-state index in [0.29, 0.717) is 6.54 Å². The molecule has 0 saturated carbocycles. The standard InChI is InChI=1S/C21H23N3O/c1-16-21(18-9-5-6-10-19(18)22-16)20(25)15-23-11-13-24(14-12-23)17-7-3-2-4-8-17/h2-10,22H,11-15H2,1H3/p+1. The lowest BCUT2D eigenvalue weighted by Gasteiger charge is -2.33. The SMILES string of the molecule is Cc1[nH]c2ccccc2c1C(=O)C[NH+]1CCN(c2ccccc2)CC1. The first-order valence-corrected chi connectivity index (χ1v) is 8.96. The Kier molecular flexibility index (Phi) is 4.28. The lowest BCUT2D eigenvalue weighted by molar-refractivity contribution is -0.892. The van der Waals surface area contributed by atoms with Gasteiger partial charge in [0.1, 0.15) is 6.54 Å². The molecule has 0 aliphatic carbocycles. The number of nitrogens with one attached hydrogen (secondary N) is 2. The van der Waals surface area contributed by atoms with Crippen LogP contribution in [0.15, 0.2) is 54.6 Å². The zero-order valence-electron chi connectivity index (χ0n) is 14.6. The molecule has 1 aliphatic rings. The number of carbonyl (C=O) groups is 1. The number of piperazine rings is 1. The molecule has 0 unspecified atom stereocenters. The van der Waals surface area contributed by atoms with Gasteiger partial charge in [-0.1, -0.05) is 36.4 Å². The Hall–Kier alpha value is -2.59. The number of para-hydroxylation sites is 2. The van der Waals surface area contributed by atoms with Crippen molar-refractivity contribution in [2.45, 2.75) is 6.92 Å². The molecular formula is C21H24N3O+. The van der Waals surface area contributed by atoms with Gasteiger partial charge >= 0.3 is 0 Å². The third kappa shape index (κ3) is 3.17. The highest BCUT2D eigenvalue weighted by molar-refractivity contribution is 6.09. The Bertz CT molecular complexity index is 877. The van der Waals surface area contributed by atoms with Crippen LogP contribution in [0.1, 0.15) is 16.1 Å². The van der Waals surface area contributed by atoms with Crippen LogP contribution in [0.5, 0.6) is 0 Å². The molecule has 128 valence electrons. The van der Waals surface area contributed by atoms with E-state index in [2.05, 4.69) is 34.1 Å². The van der Waals surface area contributed by atoms with Crippen molar-refractivity contribution in [3.8, 4) is 0 Å². The van der Waals surface area contributed by atoms with E-state index in [1.165, 1.54) is 10.6 Å². The van der Waals surface area contributed by atoms with E-state index in [1.807, 2.05) is 37.3 Å². The number of ketones is 1. The van der Waals surface area contributed by atoms with Gasteiger partial charge in [0.2, 0.25) is 5.78 Å². The maximum absolute atomic E-state index is 12.9. The molecule has 2 aromatic carbocycles. The number of anilines is 1. The van der Waals surface area contributed by atoms with E-state index < -0.39 is 0 Å². The minimum absolute atomic E-state index is 0.248. The van der Waals surface area contributed by atoms with Crippen molar-refractivity contribution in [2.75, 3.05) is 37.6 Å². The highest BCUT2D eigenvalue weighted by atomic mass is 16.1. The number of aromatic amines is 1. The third-order valence-corrected chi connectivity index (χ3v) is 5.17. The summed E-state index contributed by atoms with van der Waals surface area (Å²) in [5, 5.41) is 1.05. The van der Waals surface area contributed by atoms with E-state index in [-0.39, 0.29) is 5.78 Å². The number of fused-ring (bicyclic) bond motifs is 1. The first-order valence-electron chi connectivity index (χ1n) is 8.96. The van der Waals surface area contributed by atoms with Gasteiger partial charge in [-0.3, -0.25) is 4.79 Å². The topological polar surface area (TPSA) is 40.5 Å². The highest BCUT2D eigenvalue weighted by Crippen LogP contribution is 2.21. The molecule has 4 rings (SSSR count). The molecule has 1 saturated heterocycles. The molecule has 2 heterocycles. The van der Waals surface area contributed by atoms with Crippen molar-refractivity contribution >= 4 is 22.4 Å². The largest absolute Gasteiger partial charge is 0.360 e. The molecule has 1 aliphatic heterocycles. The van der Waals surface area contributed by atoms with Gasteiger partial charge in [-0.2, -0.15) is 0 Å². The number of aryl methyl sites for hydroxylation is 1. The monoisotopic (exact) mass is 334 g/mol. The summed E-state index contributed by atoms with van der Waals surface area (Å²) in [5.74, 6) is 0.248.